The van der Waals surface area contributed by atoms with Crippen LogP contribution in [0.5, 0.6) is 5.75 Å². The third kappa shape index (κ3) is 3.38. The van der Waals surface area contributed by atoms with Gasteiger partial charge in [-0.3, -0.25) is 4.79 Å². The summed E-state index contributed by atoms with van der Waals surface area (Å²) < 4.78 is 15.5. The highest BCUT2D eigenvalue weighted by molar-refractivity contribution is 6.40. The van der Waals surface area contributed by atoms with E-state index < -0.39 is 11.8 Å². The number of para-hydroxylation sites is 1. The Kier molecular flexibility index (Phi) is 4.76. The van der Waals surface area contributed by atoms with E-state index in [1.54, 1.807) is 0 Å². The van der Waals surface area contributed by atoms with Crippen molar-refractivity contribution in [2.75, 3.05) is 20.3 Å². The first-order valence-corrected chi connectivity index (χ1v) is 6.37. The Hall–Kier alpha value is -2.30. The number of Topliss-reactive ketones (excluding diaryl/α,β-unsaturated/α-hetero) is 1. The molecule has 0 unspecified atom stereocenters. The van der Waals surface area contributed by atoms with Crippen molar-refractivity contribution in [2.45, 2.75) is 12.8 Å². The smallest absolute Gasteiger partial charge is 0.379 e. The lowest BCUT2D eigenvalue weighted by Crippen LogP contribution is -2.24. The zero-order valence-electron chi connectivity index (χ0n) is 11.3. The summed E-state index contributed by atoms with van der Waals surface area (Å²) in [5.41, 5.74) is 0.346. The van der Waals surface area contributed by atoms with Crippen molar-refractivity contribution in [1.82, 2.24) is 0 Å². The van der Waals surface area contributed by atoms with Crippen LogP contribution in [0.15, 0.2) is 41.7 Å². The molecule has 0 saturated heterocycles. The maximum absolute atomic E-state index is 11.9. The second kappa shape index (κ2) is 6.75. The Labute approximate surface area is 117 Å². The molecule has 0 amide bonds. The van der Waals surface area contributed by atoms with Crippen molar-refractivity contribution in [2.24, 2.45) is 0 Å². The number of ketones is 1. The highest BCUT2D eigenvalue weighted by atomic mass is 16.5. The summed E-state index contributed by atoms with van der Waals surface area (Å²) in [7, 11) is 1.19. The third-order valence-electron chi connectivity index (χ3n) is 2.94. The van der Waals surface area contributed by atoms with Crippen LogP contribution in [-0.2, 0) is 19.1 Å². The van der Waals surface area contributed by atoms with Gasteiger partial charge in [0.05, 0.1) is 13.7 Å². The molecule has 1 heterocycles. The third-order valence-corrected chi connectivity index (χ3v) is 2.94. The molecule has 2 rings (SSSR count). The Morgan fingerprint density at radius 3 is 2.70 bits per heavy atom. The molecule has 5 heteroatoms. The van der Waals surface area contributed by atoms with Gasteiger partial charge in [0.1, 0.15) is 18.1 Å². The number of benzene rings is 1. The van der Waals surface area contributed by atoms with Crippen molar-refractivity contribution in [3.8, 4) is 5.75 Å². The minimum atomic E-state index is -0.872. The predicted octanol–water partition coefficient (Wildman–Crippen LogP) is 1.87. The zero-order valence-corrected chi connectivity index (χ0v) is 11.3. The Morgan fingerprint density at radius 2 is 2.00 bits per heavy atom. The average Bonchev–Trinajstić information content (AvgIpc) is 2.52. The monoisotopic (exact) mass is 276 g/mol. The first-order chi connectivity index (χ1) is 9.72. The number of esters is 1. The molecule has 20 heavy (non-hydrogen) atoms. The van der Waals surface area contributed by atoms with E-state index in [-0.39, 0.29) is 6.61 Å². The van der Waals surface area contributed by atoms with Crippen molar-refractivity contribution in [1.29, 1.82) is 0 Å². The van der Waals surface area contributed by atoms with Crippen molar-refractivity contribution < 1.29 is 23.8 Å². The molecule has 0 aliphatic carbocycles. The predicted molar refractivity (Wildman–Crippen MR) is 71.2 cm³/mol. The lowest BCUT2D eigenvalue weighted by molar-refractivity contribution is -0.150. The molecular formula is C15H16O5. The van der Waals surface area contributed by atoms with Crippen molar-refractivity contribution in [3.63, 3.8) is 0 Å². The van der Waals surface area contributed by atoms with E-state index in [0.29, 0.717) is 36.5 Å². The second-order valence-corrected chi connectivity index (χ2v) is 4.28. The van der Waals surface area contributed by atoms with Gasteiger partial charge in [-0.05, 0) is 25.0 Å². The van der Waals surface area contributed by atoms with Gasteiger partial charge in [-0.1, -0.05) is 18.2 Å². The topological polar surface area (TPSA) is 61.8 Å². The molecule has 1 aromatic carbocycles. The highest BCUT2D eigenvalue weighted by Gasteiger charge is 2.26. The quantitative estimate of drug-likeness (QED) is 0.607. The molecule has 1 aromatic rings. The highest BCUT2D eigenvalue weighted by Crippen LogP contribution is 2.21. The summed E-state index contributed by atoms with van der Waals surface area (Å²) >= 11 is 0. The van der Waals surface area contributed by atoms with Crippen LogP contribution in [0.25, 0.3) is 0 Å². The fourth-order valence-electron chi connectivity index (χ4n) is 1.92. The van der Waals surface area contributed by atoms with Gasteiger partial charge in [-0.2, -0.15) is 0 Å². The molecule has 0 atom stereocenters. The van der Waals surface area contributed by atoms with Gasteiger partial charge in [0.2, 0.25) is 0 Å². The van der Waals surface area contributed by atoms with E-state index in [1.165, 1.54) is 7.11 Å². The SMILES string of the molecule is COC(=O)C(=O)C1=C(COc2ccccc2)OCCC1. The van der Waals surface area contributed by atoms with Crippen LogP contribution in [0.3, 0.4) is 0 Å². The summed E-state index contributed by atoms with van der Waals surface area (Å²) in [5, 5.41) is 0. The fraction of sp³-hybridized carbons (Fsp3) is 0.333. The van der Waals surface area contributed by atoms with Crippen LogP contribution >= 0.6 is 0 Å². The van der Waals surface area contributed by atoms with Crippen LogP contribution in [-0.4, -0.2) is 32.1 Å². The van der Waals surface area contributed by atoms with Gasteiger partial charge in [0.25, 0.3) is 5.78 Å². The van der Waals surface area contributed by atoms with Crippen molar-refractivity contribution in [3.05, 3.63) is 41.7 Å². The summed E-state index contributed by atoms with van der Waals surface area (Å²) in [4.78, 5) is 23.2. The molecule has 0 saturated carbocycles. The van der Waals surface area contributed by atoms with Gasteiger partial charge in [-0.25, -0.2) is 4.79 Å². The molecule has 0 bridgehead atoms. The van der Waals surface area contributed by atoms with Crippen LogP contribution in [0.4, 0.5) is 0 Å². The molecule has 106 valence electrons. The zero-order chi connectivity index (χ0) is 14.4. The summed E-state index contributed by atoms with van der Waals surface area (Å²) in [5.74, 6) is -0.434. The lowest BCUT2D eigenvalue weighted by Gasteiger charge is -2.20. The number of hydrogen-bond acceptors (Lipinski definition) is 5. The van der Waals surface area contributed by atoms with Crippen molar-refractivity contribution >= 4 is 11.8 Å². The molecule has 5 nitrogen and oxygen atoms in total. The van der Waals surface area contributed by atoms with Gasteiger partial charge in [0, 0.05) is 5.57 Å². The molecule has 0 N–H and O–H groups in total. The van der Waals surface area contributed by atoms with Gasteiger partial charge in [-0.15, -0.1) is 0 Å². The minimum absolute atomic E-state index is 0.127. The van der Waals surface area contributed by atoms with Crippen LogP contribution in [0.1, 0.15) is 12.8 Å². The lowest BCUT2D eigenvalue weighted by atomic mass is 10.0. The molecule has 1 aliphatic heterocycles. The number of carbonyl (C=O) groups excluding carboxylic acids is 2. The van der Waals surface area contributed by atoms with E-state index in [4.69, 9.17) is 9.47 Å². The van der Waals surface area contributed by atoms with E-state index in [0.717, 1.165) is 0 Å². The Bertz CT molecular complexity index is 518. The average molecular weight is 276 g/mol. The second-order valence-electron chi connectivity index (χ2n) is 4.28. The normalized spacial score (nSPS) is 14.4. The summed E-state index contributed by atoms with van der Waals surface area (Å²) in [6, 6.07) is 9.21. The van der Waals surface area contributed by atoms with E-state index >= 15 is 0 Å². The molecular weight excluding hydrogens is 260 g/mol. The molecule has 0 fully saturated rings. The van der Waals surface area contributed by atoms with Crippen LogP contribution in [0.2, 0.25) is 0 Å². The molecule has 0 radical (unpaired) electrons. The number of rotatable bonds is 5. The Balaban J connectivity index is 2.10. The fourth-order valence-corrected chi connectivity index (χ4v) is 1.92. The van der Waals surface area contributed by atoms with E-state index in [2.05, 4.69) is 4.74 Å². The van der Waals surface area contributed by atoms with E-state index in [9.17, 15) is 9.59 Å². The first-order valence-electron chi connectivity index (χ1n) is 6.37. The molecule has 0 spiro atoms. The number of ether oxygens (including phenoxy) is 3. The molecule has 1 aliphatic rings. The first kappa shape index (κ1) is 14.1. The van der Waals surface area contributed by atoms with Crippen LogP contribution in [0, 0.1) is 0 Å². The maximum atomic E-state index is 11.9. The number of carbonyl (C=O) groups is 2. The standard InChI is InChI=1S/C15H16O5/c1-18-15(17)14(16)12-8-5-9-19-13(12)10-20-11-6-3-2-4-7-11/h2-4,6-7H,5,8-10H2,1H3. The number of hydrogen-bond donors (Lipinski definition) is 0. The molecule has 0 aromatic heterocycles. The Morgan fingerprint density at radius 1 is 1.25 bits per heavy atom. The number of methoxy groups -OCH3 is 1. The maximum Gasteiger partial charge on any atom is 0.379 e. The minimum Gasteiger partial charge on any atom is -0.494 e. The van der Waals surface area contributed by atoms with Gasteiger partial charge >= 0.3 is 5.97 Å². The summed E-state index contributed by atoms with van der Waals surface area (Å²) in [6.45, 7) is 0.646. The van der Waals surface area contributed by atoms with Gasteiger partial charge < -0.3 is 14.2 Å². The van der Waals surface area contributed by atoms with E-state index in [1.807, 2.05) is 30.3 Å². The van der Waals surface area contributed by atoms with Crippen LogP contribution < -0.4 is 4.74 Å². The van der Waals surface area contributed by atoms with Gasteiger partial charge in [0.15, 0.2) is 0 Å². The largest absolute Gasteiger partial charge is 0.494 e. The summed E-state index contributed by atoms with van der Waals surface area (Å²) in [6.07, 6.45) is 1.20.